The molecule has 0 atom stereocenters. The Morgan fingerprint density at radius 2 is 1.72 bits per heavy atom. The van der Waals surface area contributed by atoms with E-state index in [1.165, 1.54) is 11.6 Å². The highest BCUT2D eigenvalue weighted by Gasteiger charge is 2.32. The van der Waals surface area contributed by atoms with E-state index in [2.05, 4.69) is 52.1 Å². The van der Waals surface area contributed by atoms with Gasteiger partial charge < -0.3 is 10.1 Å². The van der Waals surface area contributed by atoms with Crippen LogP contribution in [0.15, 0.2) is 48.5 Å². The maximum absolute atomic E-state index is 14.8. The van der Waals surface area contributed by atoms with Gasteiger partial charge in [-0.3, -0.25) is 0 Å². The van der Waals surface area contributed by atoms with Crippen LogP contribution in [0, 0.1) is 25.5 Å². The Labute approximate surface area is 187 Å². The fourth-order valence-electron chi connectivity index (χ4n) is 4.79. The van der Waals surface area contributed by atoms with Crippen LogP contribution >= 0.6 is 0 Å². The molecule has 0 fully saturated rings. The molecule has 2 heterocycles. The summed E-state index contributed by atoms with van der Waals surface area (Å²) in [5.74, 6) is -0.720. The van der Waals surface area contributed by atoms with Crippen LogP contribution in [0.5, 0.6) is 5.75 Å². The molecule has 2 aliphatic rings. The average Bonchev–Trinajstić information content (AvgIpc) is 2.70. The lowest BCUT2D eigenvalue weighted by Crippen LogP contribution is -2.32. The highest BCUT2D eigenvalue weighted by atomic mass is 19.1. The lowest BCUT2D eigenvalue weighted by molar-refractivity contribution is 0.460. The Kier molecular flexibility index (Phi) is 4.52. The van der Waals surface area contributed by atoms with E-state index in [0.29, 0.717) is 11.3 Å². The summed E-state index contributed by atoms with van der Waals surface area (Å²) in [5.41, 5.74) is 8.19. The maximum Gasteiger partial charge on any atom is 0.171 e. The second-order valence-electron chi connectivity index (χ2n) is 9.25. The van der Waals surface area contributed by atoms with Gasteiger partial charge in [-0.2, -0.15) is 0 Å². The Morgan fingerprint density at radius 3 is 2.50 bits per heavy atom. The standard InChI is InChI=1S/C28H25F2NO/c1-15-7-6-8-18(17(15)3)11-24-26-20(21-12-19(29)13-22(30)27(21)32-24)9-10-23-25(26)16(2)14-28(4,5)31-23/h6-14,31H,1-5H3/b24-11-. The number of allylic oxidation sites excluding steroid dienone is 1. The number of hydrogen-bond acceptors (Lipinski definition) is 2. The first-order valence-electron chi connectivity index (χ1n) is 10.8. The van der Waals surface area contributed by atoms with Crippen molar-refractivity contribution < 1.29 is 13.5 Å². The molecule has 0 saturated heterocycles. The van der Waals surface area contributed by atoms with Crippen molar-refractivity contribution in [1.29, 1.82) is 0 Å². The molecule has 2 nitrogen and oxygen atoms in total. The van der Waals surface area contributed by atoms with E-state index in [0.717, 1.165) is 45.1 Å². The summed E-state index contributed by atoms with van der Waals surface area (Å²) in [7, 11) is 0. The van der Waals surface area contributed by atoms with Gasteiger partial charge in [-0.1, -0.05) is 30.3 Å². The molecule has 5 rings (SSSR count). The second-order valence-corrected chi connectivity index (χ2v) is 9.25. The third-order valence-corrected chi connectivity index (χ3v) is 6.32. The third-order valence-electron chi connectivity index (χ3n) is 6.32. The van der Waals surface area contributed by atoms with Crippen molar-refractivity contribution >= 4 is 23.1 Å². The molecule has 4 heteroatoms. The summed E-state index contributed by atoms with van der Waals surface area (Å²) < 4.78 is 35.1. The molecular formula is C28H25F2NO. The quantitative estimate of drug-likeness (QED) is 0.427. The lowest BCUT2D eigenvalue weighted by Gasteiger charge is -2.35. The minimum atomic E-state index is -0.707. The molecule has 0 amide bonds. The van der Waals surface area contributed by atoms with Crippen molar-refractivity contribution in [2.24, 2.45) is 0 Å². The Balaban J connectivity index is 1.84. The van der Waals surface area contributed by atoms with Crippen LogP contribution in [0.2, 0.25) is 0 Å². The van der Waals surface area contributed by atoms with Gasteiger partial charge in [0.25, 0.3) is 0 Å². The normalized spacial score (nSPS) is 17.0. The molecule has 0 spiro atoms. The van der Waals surface area contributed by atoms with Gasteiger partial charge in [0, 0.05) is 28.4 Å². The zero-order chi connectivity index (χ0) is 22.8. The first kappa shape index (κ1) is 20.5. The van der Waals surface area contributed by atoms with Crippen LogP contribution in [0.3, 0.4) is 0 Å². The summed E-state index contributed by atoms with van der Waals surface area (Å²) in [6.45, 7) is 10.4. The molecule has 32 heavy (non-hydrogen) atoms. The van der Waals surface area contributed by atoms with Gasteiger partial charge in [0.2, 0.25) is 0 Å². The van der Waals surface area contributed by atoms with Crippen LogP contribution < -0.4 is 10.1 Å². The highest BCUT2D eigenvalue weighted by molar-refractivity contribution is 6.00. The summed E-state index contributed by atoms with van der Waals surface area (Å²) >= 11 is 0. The predicted molar refractivity (Wildman–Crippen MR) is 128 cm³/mol. The van der Waals surface area contributed by atoms with Crippen molar-refractivity contribution in [3.05, 3.63) is 88.0 Å². The molecular weight excluding hydrogens is 404 g/mol. The monoisotopic (exact) mass is 429 g/mol. The fraction of sp³-hybridized carbons (Fsp3) is 0.214. The van der Waals surface area contributed by atoms with Gasteiger partial charge in [-0.05, 0) is 80.7 Å². The van der Waals surface area contributed by atoms with Crippen LogP contribution in [0.25, 0.3) is 28.5 Å². The van der Waals surface area contributed by atoms with Crippen molar-refractivity contribution in [2.45, 2.75) is 40.2 Å². The second kappa shape index (κ2) is 7.06. The molecule has 0 saturated carbocycles. The number of hydrogen-bond donors (Lipinski definition) is 1. The minimum absolute atomic E-state index is 0.0566. The molecule has 0 bridgehead atoms. The fourth-order valence-corrected chi connectivity index (χ4v) is 4.79. The predicted octanol–water partition coefficient (Wildman–Crippen LogP) is 7.75. The molecule has 3 aromatic rings. The van der Waals surface area contributed by atoms with E-state index < -0.39 is 11.6 Å². The van der Waals surface area contributed by atoms with Crippen molar-refractivity contribution in [3.63, 3.8) is 0 Å². The van der Waals surface area contributed by atoms with Crippen molar-refractivity contribution in [2.75, 3.05) is 5.32 Å². The Morgan fingerprint density at radius 1 is 0.938 bits per heavy atom. The van der Waals surface area contributed by atoms with Gasteiger partial charge in [0.1, 0.15) is 11.6 Å². The molecule has 0 radical (unpaired) electrons. The van der Waals surface area contributed by atoms with Crippen molar-refractivity contribution in [3.8, 4) is 16.9 Å². The van der Waals surface area contributed by atoms with Crippen LogP contribution in [0.4, 0.5) is 14.5 Å². The number of rotatable bonds is 1. The molecule has 162 valence electrons. The summed E-state index contributed by atoms with van der Waals surface area (Å²) in [4.78, 5) is 0. The Bertz CT molecular complexity index is 1350. The first-order chi connectivity index (χ1) is 15.1. The number of halogens is 2. The van der Waals surface area contributed by atoms with Gasteiger partial charge in [-0.25, -0.2) is 8.78 Å². The zero-order valence-corrected chi connectivity index (χ0v) is 18.9. The minimum Gasteiger partial charge on any atom is -0.453 e. The van der Waals surface area contributed by atoms with Crippen LogP contribution in [0.1, 0.15) is 48.6 Å². The van der Waals surface area contributed by atoms with E-state index in [4.69, 9.17) is 4.74 Å². The van der Waals surface area contributed by atoms with Crippen LogP contribution in [-0.2, 0) is 0 Å². The lowest BCUT2D eigenvalue weighted by atomic mass is 9.83. The van der Waals surface area contributed by atoms with E-state index in [1.54, 1.807) is 0 Å². The molecule has 2 aliphatic heterocycles. The number of anilines is 1. The van der Waals surface area contributed by atoms with Gasteiger partial charge in [0.05, 0.1) is 5.54 Å². The summed E-state index contributed by atoms with van der Waals surface area (Å²) in [6, 6.07) is 12.2. The third kappa shape index (κ3) is 3.22. The SMILES string of the molecule is CC1=CC(C)(C)Nc2ccc3c(c21)/C(=C/c1cccc(C)c1C)Oc1c(F)cc(F)cc1-3. The molecule has 3 aromatic carbocycles. The van der Waals surface area contributed by atoms with E-state index >= 15 is 0 Å². The van der Waals surface area contributed by atoms with Gasteiger partial charge >= 0.3 is 0 Å². The van der Waals surface area contributed by atoms with E-state index in [1.807, 2.05) is 30.3 Å². The zero-order valence-electron chi connectivity index (χ0n) is 18.9. The number of ether oxygens (including phenoxy) is 1. The first-order valence-corrected chi connectivity index (χ1v) is 10.8. The summed E-state index contributed by atoms with van der Waals surface area (Å²) in [6.07, 6.45) is 4.13. The Hall–Kier alpha value is -3.40. The largest absolute Gasteiger partial charge is 0.453 e. The number of benzene rings is 3. The highest BCUT2D eigenvalue weighted by Crippen LogP contribution is 2.50. The molecule has 0 unspecified atom stereocenters. The maximum atomic E-state index is 14.8. The number of nitrogens with one attached hydrogen (secondary N) is 1. The van der Waals surface area contributed by atoms with Crippen LogP contribution in [-0.4, -0.2) is 5.54 Å². The smallest absolute Gasteiger partial charge is 0.171 e. The van der Waals surface area contributed by atoms with E-state index in [9.17, 15) is 8.78 Å². The topological polar surface area (TPSA) is 21.3 Å². The summed E-state index contributed by atoms with van der Waals surface area (Å²) in [5, 5.41) is 3.56. The van der Waals surface area contributed by atoms with Crippen molar-refractivity contribution in [1.82, 2.24) is 0 Å². The molecule has 0 aromatic heterocycles. The van der Waals surface area contributed by atoms with Gasteiger partial charge in [0.15, 0.2) is 11.6 Å². The number of aryl methyl sites for hydroxylation is 1. The van der Waals surface area contributed by atoms with Gasteiger partial charge in [-0.15, -0.1) is 0 Å². The molecule has 1 N–H and O–H groups in total. The molecule has 0 aliphatic carbocycles. The average molecular weight is 430 g/mol. The van der Waals surface area contributed by atoms with E-state index in [-0.39, 0.29) is 11.3 Å². The number of fused-ring (bicyclic) bond motifs is 5.